The average molecular weight is 396 g/mol. The van der Waals surface area contributed by atoms with Crippen LogP contribution in [0, 0.1) is 11.6 Å². The fraction of sp³-hybridized carbons (Fsp3) is 0.318. The van der Waals surface area contributed by atoms with Crippen LogP contribution < -0.4 is 5.56 Å². The number of pyridine rings is 1. The molecular formula is C22H22F2N4O. The van der Waals surface area contributed by atoms with Crippen LogP contribution in [0.2, 0.25) is 0 Å². The van der Waals surface area contributed by atoms with Gasteiger partial charge in [0, 0.05) is 43.7 Å². The number of H-pyrrole nitrogens is 1. The molecule has 4 rings (SSSR count). The smallest absolute Gasteiger partial charge is 0.255 e. The topological polar surface area (TPSA) is 61.9 Å². The Morgan fingerprint density at radius 2 is 2.03 bits per heavy atom. The molecule has 1 aromatic carbocycles. The van der Waals surface area contributed by atoms with Gasteiger partial charge in [0.25, 0.3) is 5.56 Å². The van der Waals surface area contributed by atoms with E-state index in [2.05, 4.69) is 19.9 Å². The number of rotatable bonds is 4. The minimum atomic E-state index is -0.508. The van der Waals surface area contributed by atoms with E-state index in [1.165, 1.54) is 0 Å². The maximum Gasteiger partial charge on any atom is 0.255 e. The Balaban J connectivity index is 1.50. The Morgan fingerprint density at radius 3 is 2.76 bits per heavy atom. The SMILES string of the molecule is CC(C)c1nc2c(c(=O)[nH]1)CN(Cc1ccc(-c3cc(F)ccc3F)nc1)CC2. The zero-order valence-corrected chi connectivity index (χ0v) is 16.4. The van der Waals surface area contributed by atoms with Crippen molar-refractivity contribution in [2.75, 3.05) is 6.54 Å². The Hall–Kier alpha value is -2.93. The molecule has 0 bridgehead atoms. The van der Waals surface area contributed by atoms with Crippen molar-refractivity contribution in [1.29, 1.82) is 0 Å². The molecule has 0 unspecified atom stereocenters. The Kier molecular flexibility index (Phi) is 5.24. The quantitative estimate of drug-likeness (QED) is 0.729. The number of halogens is 2. The van der Waals surface area contributed by atoms with Crippen molar-refractivity contribution < 1.29 is 8.78 Å². The number of nitrogens with one attached hydrogen (secondary N) is 1. The van der Waals surface area contributed by atoms with Gasteiger partial charge in [-0.05, 0) is 29.8 Å². The van der Waals surface area contributed by atoms with E-state index in [0.29, 0.717) is 24.3 Å². The number of aromatic amines is 1. The monoisotopic (exact) mass is 396 g/mol. The molecule has 5 nitrogen and oxygen atoms in total. The first-order chi connectivity index (χ1) is 13.9. The molecule has 150 valence electrons. The second kappa shape index (κ2) is 7.83. The van der Waals surface area contributed by atoms with E-state index in [9.17, 15) is 13.6 Å². The van der Waals surface area contributed by atoms with Gasteiger partial charge in [0.05, 0.1) is 17.0 Å². The highest BCUT2D eigenvalue weighted by molar-refractivity contribution is 5.59. The van der Waals surface area contributed by atoms with Crippen molar-refractivity contribution >= 4 is 0 Å². The number of fused-ring (bicyclic) bond motifs is 1. The fourth-order valence-electron chi connectivity index (χ4n) is 3.54. The van der Waals surface area contributed by atoms with Gasteiger partial charge in [-0.1, -0.05) is 19.9 Å². The fourth-order valence-corrected chi connectivity index (χ4v) is 3.54. The van der Waals surface area contributed by atoms with Crippen molar-refractivity contribution in [3.63, 3.8) is 0 Å². The molecular weight excluding hydrogens is 374 g/mol. The Labute approximate surface area is 167 Å². The molecule has 3 heterocycles. The van der Waals surface area contributed by atoms with Crippen molar-refractivity contribution in [2.24, 2.45) is 0 Å². The summed E-state index contributed by atoms with van der Waals surface area (Å²) < 4.78 is 27.3. The van der Waals surface area contributed by atoms with Crippen LogP contribution in [0.15, 0.2) is 41.3 Å². The molecule has 7 heteroatoms. The standard InChI is InChI=1S/C22H22F2N4O/c1-13(2)21-26-20-7-8-28(12-17(20)22(29)27-21)11-14-3-6-19(25-10-14)16-9-15(23)4-5-18(16)24/h3-6,9-10,13H,7-8,11-12H2,1-2H3,(H,26,27,29). The molecule has 1 aliphatic heterocycles. The molecule has 1 N–H and O–H groups in total. The molecule has 0 amide bonds. The summed E-state index contributed by atoms with van der Waals surface area (Å²) in [6.07, 6.45) is 2.39. The first-order valence-corrected chi connectivity index (χ1v) is 9.65. The zero-order valence-electron chi connectivity index (χ0n) is 16.4. The highest BCUT2D eigenvalue weighted by Crippen LogP contribution is 2.23. The zero-order chi connectivity index (χ0) is 20.5. The van der Waals surface area contributed by atoms with E-state index in [-0.39, 0.29) is 17.0 Å². The van der Waals surface area contributed by atoms with E-state index in [1.54, 1.807) is 12.3 Å². The van der Waals surface area contributed by atoms with Crippen LogP contribution in [0.3, 0.4) is 0 Å². The highest BCUT2D eigenvalue weighted by Gasteiger charge is 2.22. The summed E-state index contributed by atoms with van der Waals surface area (Å²) in [6, 6.07) is 6.87. The van der Waals surface area contributed by atoms with Gasteiger partial charge < -0.3 is 4.98 Å². The van der Waals surface area contributed by atoms with Crippen LogP contribution in [0.5, 0.6) is 0 Å². The lowest BCUT2D eigenvalue weighted by Gasteiger charge is -2.28. The van der Waals surface area contributed by atoms with Gasteiger partial charge in [-0.2, -0.15) is 0 Å². The summed E-state index contributed by atoms with van der Waals surface area (Å²) in [7, 11) is 0. The molecule has 29 heavy (non-hydrogen) atoms. The predicted octanol–water partition coefficient (Wildman–Crippen LogP) is 3.79. The lowest BCUT2D eigenvalue weighted by atomic mass is 10.0. The average Bonchev–Trinajstić information content (AvgIpc) is 2.71. The predicted molar refractivity (Wildman–Crippen MR) is 106 cm³/mol. The lowest BCUT2D eigenvalue weighted by molar-refractivity contribution is 0.241. The third-order valence-electron chi connectivity index (χ3n) is 5.15. The van der Waals surface area contributed by atoms with Gasteiger partial charge in [-0.25, -0.2) is 13.8 Å². The normalized spacial score (nSPS) is 14.2. The van der Waals surface area contributed by atoms with Crippen LogP contribution in [0.4, 0.5) is 8.78 Å². The summed E-state index contributed by atoms with van der Waals surface area (Å²) in [5, 5.41) is 0. The number of hydrogen-bond donors (Lipinski definition) is 1. The maximum atomic E-state index is 13.9. The summed E-state index contributed by atoms with van der Waals surface area (Å²) in [5.41, 5.74) is 2.99. The molecule has 0 spiro atoms. The van der Waals surface area contributed by atoms with Crippen molar-refractivity contribution in [3.8, 4) is 11.3 Å². The summed E-state index contributed by atoms with van der Waals surface area (Å²) in [4.78, 5) is 26.4. The Bertz CT molecular complexity index is 1090. The Morgan fingerprint density at radius 1 is 1.21 bits per heavy atom. The minimum Gasteiger partial charge on any atom is -0.310 e. The van der Waals surface area contributed by atoms with E-state index in [1.807, 2.05) is 19.9 Å². The first-order valence-electron chi connectivity index (χ1n) is 9.65. The van der Waals surface area contributed by atoms with Gasteiger partial charge in [0.2, 0.25) is 0 Å². The molecule has 0 saturated heterocycles. The van der Waals surface area contributed by atoms with Crippen LogP contribution >= 0.6 is 0 Å². The number of benzene rings is 1. The van der Waals surface area contributed by atoms with Crippen molar-refractivity contribution in [3.05, 3.63) is 81.2 Å². The summed E-state index contributed by atoms with van der Waals surface area (Å²) in [6.45, 7) is 5.94. The van der Waals surface area contributed by atoms with Crippen LogP contribution in [-0.4, -0.2) is 26.4 Å². The van der Waals surface area contributed by atoms with E-state index < -0.39 is 11.6 Å². The van der Waals surface area contributed by atoms with Crippen molar-refractivity contribution in [2.45, 2.75) is 39.3 Å². The third-order valence-corrected chi connectivity index (χ3v) is 5.15. The molecule has 2 aromatic heterocycles. The number of hydrogen-bond acceptors (Lipinski definition) is 4. The van der Waals surface area contributed by atoms with Gasteiger partial charge in [0.15, 0.2) is 0 Å². The number of aromatic nitrogens is 3. The molecule has 3 aromatic rings. The van der Waals surface area contributed by atoms with Crippen LogP contribution in [0.25, 0.3) is 11.3 Å². The van der Waals surface area contributed by atoms with E-state index in [0.717, 1.165) is 48.2 Å². The van der Waals surface area contributed by atoms with E-state index >= 15 is 0 Å². The van der Waals surface area contributed by atoms with Gasteiger partial charge >= 0.3 is 0 Å². The van der Waals surface area contributed by atoms with Crippen LogP contribution in [-0.2, 0) is 19.5 Å². The van der Waals surface area contributed by atoms with Crippen molar-refractivity contribution in [1.82, 2.24) is 19.9 Å². The largest absolute Gasteiger partial charge is 0.310 e. The summed E-state index contributed by atoms with van der Waals surface area (Å²) >= 11 is 0. The second-order valence-corrected chi connectivity index (χ2v) is 7.67. The maximum absolute atomic E-state index is 13.9. The molecule has 0 radical (unpaired) electrons. The molecule has 0 atom stereocenters. The molecule has 0 saturated carbocycles. The first kappa shape index (κ1) is 19.4. The number of nitrogens with zero attached hydrogens (tertiary/aromatic N) is 3. The van der Waals surface area contributed by atoms with Crippen LogP contribution in [0.1, 0.15) is 42.4 Å². The highest BCUT2D eigenvalue weighted by atomic mass is 19.1. The second-order valence-electron chi connectivity index (χ2n) is 7.67. The summed E-state index contributed by atoms with van der Waals surface area (Å²) in [5.74, 6) is -0.101. The van der Waals surface area contributed by atoms with Gasteiger partial charge in [0.1, 0.15) is 17.5 Å². The van der Waals surface area contributed by atoms with E-state index in [4.69, 9.17) is 0 Å². The molecule has 0 fully saturated rings. The van der Waals surface area contributed by atoms with Gasteiger partial charge in [-0.15, -0.1) is 0 Å². The minimum absolute atomic E-state index is 0.0709. The lowest BCUT2D eigenvalue weighted by Crippen LogP contribution is -2.36. The van der Waals surface area contributed by atoms with Gasteiger partial charge in [-0.3, -0.25) is 14.7 Å². The molecule has 1 aliphatic rings. The molecule has 0 aliphatic carbocycles. The third kappa shape index (κ3) is 4.10.